The Kier molecular flexibility index (Phi) is 2.22. The van der Waals surface area contributed by atoms with E-state index in [1.165, 1.54) is 0 Å². The molecule has 4 heavy (non-hydrogen) atoms. The SMILES string of the molecule is C#CC[O-]. The quantitative estimate of drug-likeness (QED) is 0.325. The van der Waals surface area contributed by atoms with Gasteiger partial charge in [0, 0.05) is 0 Å². The summed E-state index contributed by atoms with van der Waals surface area (Å²) in [6.45, 7) is -0.403. The van der Waals surface area contributed by atoms with Crippen molar-refractivity contribution in [3.05, 3.63) is 0 Å². The Labute approximate surface area is 25.3 Å². The standard InChI is InChI=1S/C3H3O/c1-2-3-4/h1H,3H2/q-1. The average Bonchev–Trinajstić information content (AvgIpc) is 1.37. The molecule has 0 atom stereocenters. The fourth-order valence-corrected chi connectivity index (χ4v) is 0. The van der Waals surface area contributed by atoms with Gasteiger partial charge in [-0.25, -0.2) is 0 Å². The Bertz CT molecular complexity index is 33.0. The van der Waals surface area contributed by atoms with Crippen LogP contribution in [0.5, 0.6) is 0 Å². The zero-order chi connectivity index (χ0) is 3.41. The van der Waals surface area contributed by atoms with Crippen molar-refractivity contribution in [1.82, 2.24) is 0 Å². The van der Waals surface area contributed by atoms with Gasteiger partial charge in [-0.15, -0.1) is 12.3 Å². The molecule has 0 aliphatic carbocycles. The Morgan fingerprint density at radius 3 is 2.25 bits per heavy atom. The van der Waals surface area contributed by atoms with Gasteiger partial charge >= 0.3 is 0 Å². The van der Waals surface area contributed by atoms with Crippen molar-refractivity contribution >= 4 is 0 Å². The molecule has 0 fully saturated rings. The van der Waals surface area contributed by atoms with E-state index in [2.05, 4.69) is 6.42 Å². The number of hydrogen-bond acceptors (Lipinski definition) is 1. The molecule has 0 rings (SSSR count). The van der Waals surface area contributed by atoms with Crippen molar-refractivity contribution in [2.75, 3.05) is 6.61 Å². The van der Waals surface area contributed by atoms with Crippen LogP contribution in [0.2, 0.25) is 0 Å². The molecule has 0 saturated carbocycles. The van der Waals surface area contributed by atoms with Crippen molar-refractivity contribution in [3.8, 4) is 12.3 Å². The first-order valence-electron chi connectivity index (χ1n) is 0.931. The molecule has 22 valence electrons. The van der Waals surface area contributed by atoms with Crippen LogP contribution in [0.1, 0.15) is 0 Å². The van der Waals surface area contributed by atoms with Crippen molar-refractivity contribution in [3.63, 3.8) is 0 Å². The normalized spacial score (nSPS) is 5.00. The van der Waals surface area contributed by atoms with Crippen LogP contribution in [0.3, 0.4) is 0 Å². The average molecular weight is 55.1 g/mol. The number of rotatable bonds is 0. The minimum absolute atomic E-state index is 0.403. The third kappa shape index (κ3) is 1.52. The third-order valence-corrected chi connectivity index (χ3v) is 0.0833. The summed E-state index contributed by atoms with van der Waals surface area (Å²) in [5.74, 6) is 1.88. The summed E-state index contributed by atoms with van der Waals surface area (Å²) in [5, 5.41) is 9.06. The predicted molar refractivity (Wildman–Crippen MR) is 13.7 cm³/mol. The van der Waals surface area contributed by atoms with Gasteiger partial charge in [-0.05, 0) is 0 Å². The van der Waals surface area contributed by atoms with E-state index in [0.29, 0.717) is 0 Å². The lowest BCUT2D eigenvalue weighted by Crippen LogP contribution is -1.99. The van der Waals surface area contributed by atoms with E-state index in [-0.39, 0.29) is 0 Å². The molecular weight excluding hydrogens is 52.0 g/mol. The van der Waals surface area contributed by atoms with Gasteiger partial charge < -0.3 is 5.11 Å². The largest absolute Gasteiger partial charge is 0.845 e. The Morgan fingerprint density at radius 1 is 2.00 bits per heavy atom. The molecule has 0 saturated heterocycles. The fourth-order valence-electron chi connectivity index (χ4n) is 0. The summed E-state index contributed by atoms with van der Waals surface area (Å²) in [6.07, 6.45) is 4.47. The van der Waals surface area contributed by atoms with Crippen LogP contribution in [-0.2, 0) is 0 Å². The maximum atomic E-state index is 9.06. The van der Waals surface area contributed by atoms with E-state index in [1.54, 1.807) is 0 Å². The third-order valence-electron chi connectivity index (χ3n) is 0.0833. The Balaban J connectivity index is 2.43. The van der Waals surface area contributed by atoms with Crippen LogP contribution in [0.4, 0.5) is 0 Å². The molecule has 0 radical (unpaired) electrons. The van der Waals surface area contributed by atoms with Crippen molar-refractivity contribution < 1.29 is 5.11 Å². The lowest BCUT2D eigenvalue weighted by molar-refractivity contribution is -0.349. The minimum Gasteiger partial charge on any atom is -0.845 e. The molecule has 1 heteroatoms. The first-order valence-corrected chi connectivity index (χ1v) is 0.931. The van der Waals surface area contributed by atoms with Crippen molar-refractivity contribution in [2.24, 2.45) is 0 Å². The second-order valence-electron chi connectivity index (χ2n) is 0.348. The van der Waals surface area contributed by atoms with Gasteiger partial charge in [0.25, 0.3) is 0 Å². The lowest BCUT2D eigenvalue weighted by Gasteiger charge is -1.80. The van der Waals surface area contributed by atoms with Gasteiger partial charge in [-0.2, -0.15) is 0 Å². The number of hydrogen-bond donors (Lipinski definition) is 0. The van der Waals surface area contributed by atoms with Crippen LogP contribution >= 0.6 is 0 Å². The van der Waals surface area contributed by atoms with E-state index < -0.39 is 6.61 Å². The summed E-state index contributed by atoms with van der Waals surface area (Å²) >= 11 is 0. The summed E-state index contributed by atoms with van der Waals surface area (Å²) < 4.78 is 0. The molecule has 0 spiro atoms. The molecule has 0 unspecified atom stereocenters. The molecule has 0 amide bonds. The molecule has 0 N–H and O–H groups in total. The minimum atomic E-state index is -0.403. The molecule has 0 aliphatic rings. The monoisotopic (exact) mass is 55.0 g/mol. The zero-order valence-corrected chi connectivity index (χ0v) is 2.19. The highest BCUT2D eigenvalue weighted by atomic mass is 16.2. The van der Waals surface area contributed by atoms with Gasteiger partial charge in [0.1, 0.15) is 0 Å². The molecule has 0 aromatic heterocycles. The van der Waals surface area contributed by atoms with Crippen molar-refractivity contribution in [1.29, 1.82) is 0 Å². The highest BCUT2D eigenvalue weighted by molar-refractivity contribution is 4.80. The van der Waals surface area contributed by atoms with E-state index in [0.717, 1.165) is 0 Å². The van der Waals surface area contributed by atoms with E-state index >= 15 is 0 Å². The first-order chi connectivity index (χ1) is 1.91. The highest BCUT2D eigenvalue weighted by Crippen LogP contribution is 1.24. The second kappa shape index (κ2) is 2.52. The second-order valence-corrected chi connectivity index (χ2v) is 0.348. The van der Waals surface area contributed by atoms with Crippen LogP contribution in [-0.4, -0.2) is 6.61 Å². The lowest BCUT2D eigenvalue weighted by atomic mass is 10.8. The highest BCUT2D eigenvalue weighted by Gasteiger charge is 1.27. The smallest absolute Gasteiger partial charge is 0.0743 e. The van der Waals surface area contributed by atoms with E-state index in [4.69, 9.17) is 5.11 Å². The van der Waals surface area contributed by atoms with Gasteiger partial charge in [0.2, 0.25) is 0 Å². The van der Waals surface area contributed by atoms with Crippen LogP contribution in [0.25, 0.3) is 0 Å². The fraction of sp³-hybridized carbons (Fsp3) is 0.333. The summed E-state index contributed by atoms with van der Waals surface area (Å²) in [5.41, 5.74) is 0. The van der Waals surface area contributed by atoms with Crippen LogP contribution in [0.15, 0.2) is 0 Å². The Morgan fingerprint density at radius 2 is 2.25 bits per heavy atom. The molecule has 0 aromatic rings. The zero-order valence-electron chi connectivity index (χ0n) is 2.19. The first kappa shape index (κ1) is 3.52. The molecule has 1 nitrogen and oxygen atoms in total. The van der Waals surface area contributed by atoms with Gasteiger partial charge in [-0.1, -0.05) is 6.61 Å². The van der Waals surface area contributed by atoms with E-state index in [1.807, 2.05) is 5.92 Å². The molecule has 0 bridgehead atoms. The topological polar surface area (TPSA) is 23.1 Å². The predicted octanol–water partition coefficient (Wildman–Crippen LogP) is -1.02. The number of terminal acetylenes is 1. The summed E-state index contributed by atoms with van der Waals surface area (Å²) in [6, 6.07) is 0. The Hall–Kier alpha value is -0.480. The molecule has 0 heterocycles. The van der Waals surface area contributed by atoms with Gasteiger partial charge in [0.15, 0.2) is 0 Å². The van der Waals surface area contributed by atoms with Gasteiger partial charge in [0.05, 0.1) is 0 Å². The van der Waals surface area contributed by atoms with Gasteiger partial charge in [-0.3, -0.25) is 0 Å². The summed E-state index contributed by atoms with van der Waals surface area (Å²) in [4.78, 5) is 0. The molecule has 0 aliphatic heterocycles. The summed E-state index contributed by atoms with van der Waals surface area (Å²) in [7, 11) is 0. The molecule has 0 aromatic carbocycles. The van der Waals surface area contributed by atoms with Crippen molar-refractivity contribution in [2.45, 2.75) is 0 Å². The maximum absolute atomic E-state index is 9.06. The van der Waals surface area contributed by atoms with E-state index in [9.17, 15) is 0 Å². The molecular formula is C3H3O-. The maximum Gasteiger partial charge on any atom is -0.0743 e. The van der Waals surface area contributed by atoms with Crippen LogP contribution in [0, 0.1) is 12.3 Å². The van der Waals surface area contributed by atoms with Crippen LogP contribution < -0.4 is 5.11 Å².